The lowest BCUT2D eigenvalue weighted by Gasteiger charge is -2.16. The molecule has 1 saturated heterocycles. The van der Waals surface area contributed by atoms with Gasteiger partial charge in [-0.1, -0.05) is 13.3 Å². The van der Waals surface area contributed by atoms with Crippen LogP contribution in [0.4, 0.5) is 0 Å². The maximum absolute atomic E-state index is 5.50. The van der Waals surface area contributed by atoms with Gasteiger partial charge in [0, 0.05) is 26.2 Å². The Kier molecular flexibility index (Phi) is 7.82. The van der Waals surface area contributed by atoms with Gasteiger partial charge in [0.1, 0.15) is 0 Å². The Labute approximate surface area is 107 Å². The Bertz CT molecular complexity index is 185. The number of hydrogen-bond acceptors (Lipinski definition) is 3. The third kappa shape index (κ3) is 7.02. The van der Waals surface area contributed by atoms with Crippen LogP contribution in [0, 0.1) is 5.92 Å². The molecule has 1 N–H and O–H groups in total. The molecule has 3 nitrogen and oxygen atoms in total. The summed E-state index contributed by atoms with van der Waals surface area (Å²) >= 11 is 0. The Morgan fingerprint density at radius 3 is 2.82 bits per heavy atom. The molecular weight excluding hydrogens is 212 g/mol. The Balaban J connectivity index is 1.85. The van der Waals surface area contributed by atoms with E-state index >= 15 is 0 Å². The predicted octanol–water partition coefficient (Wildman–Crippen LogP) is 2.12. The van der Waals surface area contributed by atoms with E-state index in [1.165, 1.54) is 32.5 Å². The quantitative estimate of drug-likeness (QED) is 0.627. The molecule has 17 heavy (non-hydrogen) atoms. The van der Waals surface area contributed by atoms with Crippen molar-refractivity contribution in [3.05, 3.63) is 0 Å². The summed E-state index contributed by atoms with van der Waals surface area (Å²) < 4.78 is 5.50. The second-order valence-electron chi connectivity index (χ2n) is 5.39. The topological polar surface area (TPSA) is 24.5 Å². The standard InChI is InChI=1S/C14H30N2O/c1-4-14-6-9-16(12-14)10-8-15-7-5-11-17-13(2)3/h13-15H,4-12H2,1-3H3. The lowest BCUT2D eigenvalue weighted by atomic mass is 10.1. The highest BCUT2D eigenvalue weighted by Gasteiger charge is 2.19. The van der Waals surface area contributed by atoms with Gasteiger partial charge in [-0.3, -0.25) is 0 Å². The van der Waals surface area contributed by atoms with Gasteiger partial charge in [-0.15, -0.1) is 0 Å². The zero-order valence-corrected chi connectivity index (χ0v) is 11.9. The van der Waals surface area contributed by atoms with Crippen molar-refractivity contribution in [3.63, 3.8) is 0 Å². The average molecular weight is 242 g/mol. The molecule has 0 aliphatic carbocycles. The number of likely N-dealkylation sites (tertiary alicyclic amines) is 1. The summed E-state index contributed by atoms with van der Waals surface area (Å²) in [6, 6.07) is 0. The number of nitrogens with zero attached hydrogens (tertiary/aromatic N) is 1. The lowest BCUT2D eigenvalue weighted by molar-refractivity contribution is 0.0770. The van der Waals surface area contributed by atoms with E-state index in [9.17, 15) is 0 Å². The van der Waals surface area contributed by atoms with Crippen LogP contribution in [0.25, 0.3) is 0 Å². The molecule has 1 rings (SSSR count). The highest BCUT2D eigenvalue weighted by atomic mass is 16.5. The first-order valence-electron chi connectivity index (χ1n) is 7.27. The summed E-state index contributed by atoms with van der Waals surface area (Å²) in [5, 5.41) is 3.50. The zero-order chi connectivity index (χ0) is 12.5. The van der Waals surface area contributed by atoms with E-state index in [1.54, 1.807) is 0 Å². The van der Waals surface area contributed by atoms with Gasteiger partial charge in [0.15, 0.2) is 0 Å². The van der Waals surface area contributed by atoms with Crippen LogP contribution >= 0.6 is 0 Å². The van der Waals surface area contributed by atoms with Gasteiger partial charge >= 0.3 is 0 Å². The fourth-order valence-corrected chi connectivity index (χ4v) is 2.33. The van der Waals surface area contributed by atoms with Crippen molar-refractivity contribution < 1.29 is 4.74 Å². The molecule has 1 aliphatic rings. The van der Waals surface area contributed by atoms with Crippen LogP contribution in [0.2, 0.25) is 0 Å². The summed E-state index contributed by atoms with van der Waals surface area (Å²) in [5.41, 5.74) is 0. The Hall–Kier alpha value is -0.120. The van der Waals surface area contributed by atoms with Crippen LogP contribution in [0.1, 0.15) is 40.0 Å². The van der Waals surface area contributed by atoms with E-state index in [2.05, 4.69) is 31.0 Å². The van der Waals surface area contributed by atoms with Crippen molar-refractivity contribution in [1.82, 2.24) is 10.2 Å². The van der Waals surface area contributed by atoms with Crippen LogP contribution in [0.3, 0.4) is 0 Å². The predicted molar refractivity (Wildman–Crippen MR) is 73.4 cm³/mol. The van der Waals surface area contributed by atoms with Crippen LogP contribution in [0.5, 0.6) is 0 Å². The average Bonchev–Trinajstić information content (AvgIpc) is 2.75. The third-order valence-corrected chi connectivity index (χ3v) is 3.50. The van der Waals surface area contributed by atoms with Crippen molar-refractivity contribution in [2.24, 2.45) is 5.92 Å². The first-order chi connectivity index (χ1) is 8.22. The molecule has 3 heteroatoms. The van der Waals surface area contributed by atoms with Crippen LogP contribution < -0.4 is 5.32 Å². The molecule has 0 aromatic carbocycles. The largest absolute Gasteiger partial charge is 0.379 e. The van der Waals surface area contributed by atoms with Crippen molar-refractivity contribution in [1.29, 1.82) is 0 Å². The molecule has 1 unspecified atom stereocenters. The number of rotatable bonds is 9. The zero-order valence-electron chi connectivity index (χ0n) is 11.9. The summed E-state index contributed by atoms with van der Waals surface area (Å²) in [7, 11) is 0. The molecule has 0 spiro atoms. The number of nitrogens with one attached hydrogen (secondary N) is 1. The molecule has 102 valence electrons. The first kappa shape index (κ1) is 14.9. The van der Waals surface area contributed by atoms with Gasteiger partial charge in [0.2, 0.25) is 0 Å². The SMILES string of the molecule is CCC1CCN(CCNCCCOC(C)C)C1. The monoisotopic (exact) mass is 242 g/mol. The normalized spacial score (nSPS) is 21.5. The summed E-state index contributed by atoms with van der Waals surface area (Å²) in [4.78, 5) is 2.59. The van der Waals surface area contributed by atoms with Gasteiger partial charge < -0.3 is 15.0 Å². The molecular formula is C14H30N2O. The van der Waals surface area contributed by atoms with E-state index in [1.807, 2.05) is 0 Å². The fourth-order valence-electron chi connectivity index (χ4n) is 2.33. The fraction of sp³-hybridized carbons (Fsp3) is 1.00. The van der Waals surface area contributed by atoms with Crippen molar-refractivity contribution in [2.75, 3.05) is 39.3 Å². The van der Waals surface area contributed by atoms with Gasteiger partial charge in [0.25, 0.3) is 0 Å². The van der Waals surface area contributed by atoms with Crippen molar-refractivity contribution in [3.8, 4) is 0 Å². The second kappa shape index (κ2) is 8.90. The molecule has 1 fully saturated rings. The highest BCUT2D eigenvalue weighted by Crippen LogP contribution is 2.17. The smallest absolute Gasteiger partial charge is 0.0518 e. The summed E-state index contributed by atoms with van der Waals surface area (Å²) in [5.74, 6) is 0.953. The highest BCUT2D eigenvalue weighted by molar-refractivity contribution is 4.74. The van der Waals surface area contributed by atoms with Crippen molar-refractivity contribution in [2.45, 2.75) is 46.1 Å². The Morgan fingerprint density at radius 2 is 2.18 bits per heavy atom. The maximum atomic E-state index is 5.50. The van der Waals surface area contributed by atoms with E-state index < -0.39 is 0 Å². The number of hydrogen-bond donors (Lipinski definition) is 1. The van der Waals surface area contributed by atoms with Crippen LogP contribution in [-0.2, 0) is 4.74 Å². The molecule has 0 aromatic rings. The summed E-state index contributed by atoms with van der Waals surface area (Å²) in [6.45, 7) is 13.4. The first-order valence-corrected chi connectivity index (χ1v) is 7.27. The molecule has 0 radical (unpaired) electrons. The lowest BCUT2D eigenvalue weighted by Crippen LogP contribution is -2.31. The van der Waals surface area contributed by atoms with Crippen molar-refractivity contribution >= 4 is 0 Å². The molecule has 0 saturated carbocycles. The van der Waals surface area contributed by atoms with Gasteiger partial charge in [-0.25, -0.2) is 0 Å². The van der Waals surface area contributed by atoms with Crippen LogP contribution in [0.15, 0.2) is 0 Å². The van der Waals surface area contributed by atoms with E-state index in [-0.39, 0.29) is 0 Å². The molecule has 0 amide bonds. The minimum absolute atomic E-state index is 0.366. The van der Waals surface area contributed by atoms with E-state index in [0.717, 1.165) is 32.0 Å². The molecule has 0 bridgehead atoms. The minimum Gasteiger partial charge on any atom is -0.379 e. The third-order valence-electron chi connectivity index (χ3n) is 3.50. The van der Waals surface area contributed by atoms with Gasteiger partial charge in [-0.05, 0) is 45.7 Å². The number of ether oxygens (including phenoxy) is 1. The molecule has 1 heterocycles. The Morgan fingerprint density at radius 1 is 1.35 bits per heavy atom. The summed E-state index contributed by atoms with van der Waals surface area (Å²) in [6.07, 6.45) is 4.23. The van der Waals surface area contributed by atoms with Gasteiger partial charge in [-0.2, -0.15) is 0 Å². The van der Waals surface area contributed by atoms with Gasteiger partial charge in [0.05, 0.1) is 6.10 Å². The second-order valence-corrected chi connectivity index (χ2v) is 5.39. The maximum Gasteiger partial charge on any atom is 0.0518 e. The van der Waals surface area contributed by atoms with E-state index in [0.29, 0.717) is 6.10 Å². The molecule has 1 aliphatic heterocycles. The molecule has 0 aromatic heterocycles. The minimum atomic E-state index is 0.366. The van der Waals surface area contributed by atoms with Crippen LogP contribution in [-0.4, -0.2) is 50.3 Å². The molecule has 1 atom stereocenters. The van der Waals surface area contributed by atoms with E-state index in [4.69, 9.17) is 4.74 Å².